The molecule has 0 spiro atoms. The van der Waals surface area contributed by atoms with Gasteiger partial charge in [-0.3, -0.25) is 0 Å². The maximum Gasteiger partial charge on any atom is 0.246 e. The van der Waals surface area contributed by atoms with Gasteiger partial charge in [0.1, 0.15) is 16.7 Å². The van der Waals surface area contributed by atoms with Crippen molar-refractivity contribution in [3.05, 3.63) is 24.3 Å². The maximum atomic E-state index is 12.3. The zero-order chi connectivity index (χ0) is 14.8. The second kappa shape index (κ2) is 6.11. The summed E-state index contributed by atoms with van der Waals surface area (Å²) in [6, 6.07) is 6.92. The minimum absolute atomic E-state index is 0.00253. The van der Waals surface area contributed by atoms with Crippen LogP contribution in [-0.2, 0) is 10.0 Å². The third-order valence-corrected chi connectivity index (χ3v) is 5.42. The number of hydrogen-bond acceptors (Lipinski definition) is 4. The highest BCUT2D eigenvalue weighted by Crippen LogP contribution is 2.29. The summed E-state index contributed by atoms with van der Waals surface area (Å²) in [7, 11) is -0.462. The van der Waals surface area contributed by atoms with Crippen LogP contribution in [0.4, 0.5) is 0 Å². The van der Waals surface area contributed by atoms with Gasteiger partial charge in [-0.1, -0.05) is 12.1 Å². The highest BCUT2D eigenvalue weighted by atomic mass is 32.2. The Labute approximate surface area is 120 Å². The van der Waals surface area contributed by atoms with E-state index in [9.17, 15) is 8.42 Å². The van der Waals surface area contributed by atoms with Crippen molar-refractivity contribution in [2.75, 3.05) is 14.1 Å². The quantitative estimate of drug-likeness (QED) is 0.916. The predicted molar refractivity (Wildman–Crippen MR) is 78.2 cm³/mol. The SMILES string of the molecule is CN(C)S(=O)(=O)c1ccccc1OC1CCCC(N)C1. The van der Waals surface area contributed by atoms with Gasteiger partial charge in [0.15, 0.2) is 0 Å². The van der Waals surface area contributed by atoms with E-state index in [0.717, 1.165) is 25.7 Å². The minimum Gasteiger partial charge on any atom is -0.489 e. The molecule has 1 aliphatic rings. The number of para-hydroxylation sites is 1. The molecule has 0 aromatic heterocycles. The molecule has 1 aromatic carbocycles. The Bertz CT molecular complexity index is 557. The van der Waals surface area contributed by atoms with Crippen LogP contribution in [0.5, 0.6) is 5.75 Å². The molecule has 2 atom stereocenters. The summed E-state index contributed by atoms with van der Waals surface area (Å²) in [6.07, 6.45) is 3.73. The summed E-state index contributed by atoms with van der Waals surface area (Å²) in [5, 5.41) is 0. The Hall–Kier alpha value is -1.11. The number of sulfonamides is 1. The van der Waals surface area contributed by atoms with Gasteiger partial charge in [-0.2, -0.15) is 0 Å². The van der Waals surface area contributed by atoms with Crippen LogP contribution in [0.2, 0.25) is 0 Å². The fourth-order valence-corrected chi connectivity index (χ4v) is 3.44. The molecule has 0 radical (unpaired) electrons. The molecule has 1 fully saturated rings. The van der Waals surface area contributed by atoms with Crippen molar-refractivity contribution < 1.29 is 13.2 Å². The average Bonchev–Trinajstić information content (AvgIpc) is 2.39. The van der Waals surface area contributed by atoms with Gasteiger partial charge in [-0.05, 0) is 37.8 Å². The average molecular weight is 298 g/mol. The molecule has 5 nitrogen and oxygen atoms in total. The molecule has 112 valence electrons. The summed E-state index contributed by atoms with van der Waals surface area (Å²) in [5.41, 5.74) is 5.94. The lowest BCUT2D eigenvalue weighted by Gasteiger charge is -2.28. The van der Waals surface area contributed by atoms with Gasteiger partial charge < -0.3 is 10.5 Å². The van der Waals surface area contributed by atoms with Crippen LogP contribution in [-0.4, -0.2) is 39.0 Å². The molecule has 0 amide bonds. The zero-order valence-corrected chi connectivity index (χ0v) is 12.8. The zero-order valence-electron chi connectivity index (χ0n) is 12.0. The number of benzene rings is 1. The lowest BCUT2D eigenvalue weighted by Crippen LogP contribution is -2.34. The second-order valence-electron chi connectivity index (χ2n) is 5.40. The molecule has 0 aliphatic heterocycles. The molecule has 2 unspecified atom stereocenters. The second-order valence-corrected chi connectivity index (χ2v) is 7.52. The highest BCUT2D eigenvalue weighted by molar-refractivity contribution is 7.89. The van der Waals surface area contributed by atoms with Crippen molar-refractivity contribution in [1.82, 2.24) is 4.31 Å². The van der Waals surface area contributed by atoms with E-state index in [2.05, 4.69) is 0 Å². The van der Waals surface area contributed by atoms with Gasteiger partial charge >= 0.3 is 0 Å². The monoisotopic (exact) mass is 298 g/mol. The number of nitrogens with two attached hydrogens (primary N) is 1. The molecule has 1 aliphatic carbocycles. The summed E-state index contributed by atoms with van der Waals surface area (Å²) in [5.74, 6) is 0.417. The first-order valence-electron chi connectivity index (χ1n) is 6.85. The molecule has 2 rings (SSSR count). The van der Waals surface area contributed by atoms with Crippen molar-refractivity contribution in [3.8, 4) is 5.75 Å². The molecule has 1 aromatic rings. The van der Waals surface area contributed by atoms with E-state index in [4.69, 9.17) is 10.5 Å². The molecule has 0 saturated heterocycles. The first-order chi connectivity index (χ1) is 9.41. The van der Waals surface area contributed by atoms with Crippen LogP contribution >= 0.6 is 0 Å². The van der Waals surface area contributed by atoms with Crippen LogP contribution in [0.3, 0.4) is 0 Å². The summed E-state index contributed by atoms with van der Waals surface area (Å²) < 4.78 is 31.7. The van der Waals surface area contributed by atoms with Gasteiger partial charge in [0, 0.05) is 20.1 Å². The fourth-order valence-electron chi connectivity index (χ4n) is 2.43. The van der Waals surface area contributed by atoms with E-state index in [0.29, 0.717) is 5.75 Å². The Morgan fingerprint density at radius 2 is 1.95 bits per heavy atom. The van der Waals surface area contributed by atoms with Gasteiger partial charge in [-0.25, -0.2) is 12.7 Å². The summed E-state index contributed by atoms with van der Waals surface area (Å²) in [4.78, 5) is 0.212. The number of ether oxygens (including phenoxy) is 1. The van der Waals surface area contributed by atoms with Crippen LogP contribution in [0.25, 0.3) is 0 Å². The van der Waals surface area contributed by atoms with E-state index in [1.807, 2.05) is 0 Å². The van der Waals surface area contributed by atoms with Gasteiger partial charge in [0.2, 0.25) is 10.0 Å². The highest BCUT2D eigenvalue weighted by Gasteiger charge is 2.25. The van der Waals surface area contributed by atoms with Crippen molar-refractivity contribution in [1.29, 1.82) is 0 Å². The number of rotatable bonds is 4. The third-order valence-electron chi connectivity index (χ3n) is 3.57. The van der Waals surface area contributed by atoms with Crippen LogP contribution in [0, 0.1) is 0 Å². The Morgan fingerprint density at radius 3 is 2.60 bits per heavy atom. The van der Waals surface area contributed by atoms with Crippen molar-refractivity contribution >= 4 is 10.0 Å². The standard InChI is InChI=1S/C14H22N2O3S/c1-16(2)20(17,18)14-9-4-3-8-13(14)19-12-7-5-6-11(15)10-12/h3-4,8-9,11-12H,5-7,10,15H2,1-2H3. The van der Waals surface area contributed by atoms with Crippen molar-refractivity contribution in [2.45, 2.75) is 42.7 Å². The predicted octanol–water partition coefficient (Wildman–Crippen LogP) is 1.59. The molecule has 0 heterocycles. The Kier molecular flexibility index (Phi) is 4.67. The van der Waals surface area contributed by atoms with Gasteiger partial charge in [0.05, 0.1) is 0 Å². The maximum absolute atomic E-state index is 12.3. The lowest BCUT2D eigenvalue weighted by atomic mass is 9.93. The molecule has 6 heteroatoms. The Morgan fingerprint density at radius 1 is 1.25 bits per heavy atom. The lowest BCUT2D eigenvalue weighted by molar-refractivity contribution is 0.140. The topological polar surface area (TPSA) is 72.6 Å². The molecule has 0 bridgehead atoms. The summed E-state index contributed by atoms with van der Waals surface area (Å²) >= 11 is 0. The van der Waals surface area contributed by atoms with Crippen LogP contribution < -0.4 is 10.5 Å². The van der Waals surface area contributed by atoms with E-state index in [-0.39, 0.29) is 17.0 Å². The Balaban J connectivity index is 2.25. The number of hydrogen-bond donors (Lipinski definition) is 1. The van der Waals surface area contributed by atoms with E-state index < -0.39 is 10.0 Å². The first-order valence-corrected chi connectivity index (χ1v) is 8.29. The largest absolute Gasteiger partial charge is 0.489 e. The molecule has 2 N–H and O–H groups in total. The molecule has 1 saturated carbocycles. The molecular weight excluding hydrogens is 276 g/mol. The van der Waals surface area contributed by atoms with E-state index in [1.54, 1.807) is 24.3 Å². The molecular formula is C14H22N2O3S. The third kappa shape index (κ3) is 3.31. The van der Waals surface area contributed by atoms with E-state index in [1.165, 1.54) is 18.4 Å². The molecule has 20 heavy (non-hydrogen) atoms. The van der Waals surface area contributed by atoms with Gasteiger partial charge in [-0.15, -0.1) is 0 Å². The first kappa shape index (κ1) is 15.3. The van der Waals surface area contributed by atoms with Crippen LogP contribution in [0.1, 0.15) is 25.7 Å². The van der Waals surface area contributed by atoms with Crippen molar-refractivity contribution in [2.24, 2.45) is 5.73 Å². The van der Waals surface area contributed by atoms with Crippen molar-refractivity contribution in [3.63, 3.8) is 0 Å². The fraction of sp³-hybridized carbons (Fsp3) is 0.571. The minimum atomic E-state index is -3.49. The van der Waals surface area contributed by atoms with Crippen LogP contribution in [0.15, 0.2) is 29.2 Å². The summed E-state index contributed by atoms with van der Waals surface area (Å²) in [6.45, 7) is 0. The van der Waals surface area contributed by atoms with Gasteiger partial charge in [0.25, 0.3) is 0 Å². The normalized spacial score (nSPS) is 23.8. The smallest absolute Gasteiger partial charge is 0.246 e. The number of nitrogens with zero attached hydrogens (tertiary/aromatic N) is 1. The van der Waals surface area contributed by atoms with E-state index >= 15 is 0 Å².